The number of ether oxygens (including phenoxy) is 1. The number of aromatic nitrogens is 2. The first-order valence-corrected chi connectivity index (χ1v) is 8.30. The van der Waals surface area contributed by atoms with Crippen molar-refractivity contribution >= 4 is 28.4 Å². The SMILES string of the molecule is Cn1c(C(=O)NCc2cccnc2OCC(F)(F)F)c(Cl)c2ccccc21. The van der Waals surface area contributed by atoms with E-state index in [4.69, 9.17) is 16.3 Å². The molecule has 0 saturated heterocycles. The van der Waals surface area contributed by atoms with E-state index in [0.29, 0.717) is 10.6 Å². The summed E-state index contributed by atoms with van der Waals surface area (Å²) < 4.78 is 43.5. The smallest absolute Gasteiger partial charge is 0.422 e. The highest BCUT2D eigenvalue weighted by molar-refractivity contribution is 6.38. The monoisotopic (exact) mass is 397 g/mol. The van der Waals surface area contributed by atoms with Crippen molar-refractivity contribution < 1.29 is 22.7 Å². The number of carbonyl (C=O) groups is 1. The maximum atomic E-state index is 12.6. The third kappa shape index (κ3) is 4.16. The average Bonchev–Trinajstić information content (AvgIpc) is 2.89. The van der Waals surface area contributed by atoms with E-state index < -0.39 is 18.7 Å². The minimum absolute atomic E-state index is 0.0578. The molecule has 142 valence electrons. The zero-order valence-corrected chi connectivity index (χ0v) is 14.9. The highest BCUT2D eigenvalue weighted by Crippen LogP contribution is 2.29. The predicted molar refractivity (Wildman–Crippen MR) is 94.9 cm³/mol. The van der Waals surface area contributed by atoms with Crippen LogP contribution in [-0.2, 0) is 13.6 Å². The minimum atomic E-state index is -4.48. The quantitative estimate of drug-likeness (QED) is 0.705. The van der Waals surface area contributed by atoms with E-state index >= 15 is 0 Å². The molecule has 9 heteroatoms. The van der Waals surface area contributed by atoms with Gasteiger partial charge in [0.05, 0.1) is 5.02 Å². The van der Waals surface area contributed by atoms with Gasteiger partial charge in [0.1, 0.15) is 5.69 Å². The first-order valence-electron chi connectivity index (χ1n) is 7.92. The van der Waals surface area contributed by atoms with Crippen molar-refractivity contribution in [1.29, 1.82) is 0 Å². The molecule has 3 aromatic rings. The number of halogens is 4. The molecular weight excluding hydrogens is 383 g/mol. The second-order valence-corrected chi connectivity index (χ2v) is 6.17. The number of rotatable bonds is 5. The minimum Gasteiger partial charge on any atom is -0.468 e. The first kappa shape index (κ1) is 19.0. The number of benzene rings is 1. The molecule has 0 bridgehead atoms. The van der Waals surface area contributed by atoms with E-state index in [2.05, 4.69) is 10.3 Å². The third-order valence-corrected chi connectivity index (χ3v) is 4.30. The van der Waals surface area contributed by atoms with Gasteiger partial charge in [0, 0.05) is 36.3 Å². The molecule has 0 fully saturated rings. The fourth-order valence-corrected chi connectivity index (χ4v) is 3.07. The Balaban J connectivity index is 1.77. The Hall–Kier alpha value is -2.74. The Bertz CT molecular complexity index is 947. The van der Waals surface area contributed by atoms with Crippen molar-refractivity contribution in [1.82, 2.24) is 14.9 Å². The highest BCUT2D eigenvalue weighted by atomic mass is 35.5. The summed E-state index contributed by atoms with van der Waals surface area (Å²) in [6.45, 7) is -1.52. The molecule has 0 aliphatic heterocycles. The summed E-state index contributed by atoms with van der Waals surface area (Å²) in [5.41, 5.74) is 1.38. The van der Waals surface area contributed by atoms with Crippen molar-refractivity contribution in [3.8, 4) is 5.88 Å². The summed E-state index contributed by atoms with van der Waals surface area (Å²) in [5, 5.41) is 3.70. The average molecular weight is 398 g/mol. The largest absolute Gasteiger partial charge is 0.468 e. The molecule has 3 rings (SSSR count). The lowest BCUT2D eigenvalue weighted by molar-refractivity contribution is -0.154. The summed E-state index contributed by atoms with van der Waals surface area (Å²) in [4.78, 5) is 16.4. The molecule has 0 unspecified atom stereocenters. The van der Waals surface area contributed by atoms with Gasteiger partial charge >= 0.3 is 6.18 Å². The lowest BCUT2D eigenvalue weighted by Gasteiger charge is -2.13. The molecule has 0 radical (unpaired) electrons. The number of carbonyl (C=O) groups excluding carboxylic acids is 1. The van der Waals surface area contributed by atoms with Crippen molar-refractivity contribution in [3.63, 3.8) is 0 Å². The molecule has 0 aliphatic carbocycles. The second kappa shape index (κ2) is 7.48. The maximum Gasteiger partial charge on any atom is 0.422 e. The number of nitrogens with zero attached hydrogens (tertiary/aromatic N) is 2. The van der Waals surface area contributed by atoms with Crippen LogP contribution in [0.1, 0.15) is 16.1 Å². The van der Waals surface area contributed by atoms with Crippen LogP contribution in [0.5, 0.6) is 5.88 Å². The van der Waals surface area contributed by atoms with E-state index in [0.717, 1.165) is 10.9 Å². The van der Waals surface area contributed by atoms with Gasteiger partial charge in [0.15, 0.2) is 6.61 Å². The Morgan fingerprint density at radius 1 is 1.26 bits per heavy atom. The van der Waals surface area contributed by atoms with Crippen LogP contribution in [0.3, 0.4) is 0 Å². The van der Waals surface area contributed by atoms with Crippen molar-refractivity contribution in [2.45, 2.75) is 12.7 Å². The Labute approximate surface area is 157 Å². The third-order valence-electron chi connectivity index (χ3n) is 3.92. The van der Waals surface area contributed by atoms with Crippen LogP contribution in [0.25, 0.3) is 10.9 Å². The van der Waals surface area contributed by atoms with Gasteiger partial charge < -0.3 is 14.6 Å². The molecule has 0 atom stereocenters. The summed E-state index contributed by atoms with van der Waals surface area (Å²) in [6.07, 6.45) is -3.16. The number of hydrogen-bond donors (Lipinski definition) is 1. The van der Waals surface area contributed by atoms with Gasteiger partial charge in [-0.3, -0.25) is 4.79 Å². The topological polar surface area (TPSA) is 56.2 Å². The van der Waals surface area contributed by atoms with Crippen LogP contribution in [0, 0.1) is 0 Å². The molecular formula is C18H15ClF3N3O2. The van der Waals surface area contributed by atoms with Crippen LogP contribution in [0.4, 0.5) is 13.2 Å². The van der Waals surface area contributed by atoms with Gasteiger partial charge in [0.25, 0.3) is 5.91 Å². The van der Waals surface area contributed by atoms with E-state index in [1.807, 2.05) is 18.2 Å². The number of aryl methyl sites for hydroxylation is 1. The van der Waals surface area contributed by atoms with Gasteiger partial charge in [-0.2, -0.15) is 13.2 Å². The number of para-hydroxylation sites is 1. The molecule has 2 aromatic heterocycles. The molecule has 0 saturated carbocycles. The van der Waals surface area contributed by atoms with Crippen LogP contribution in [0.2, 0.25) is 5.02 Å². The second-order valence-electron chi connectivity index (χ2n) is 5.79. The van der Waals surface area contributed by atoms with Crippen molar-refractivity contribution in [3.05, 3.63) is 58.9 Å². The van der Waals surface area contributed by atoms with Crippen LogP contribution >= 0.6 is 11.6 Å². The van der Waals surface area contributed by atoms with Crippen molar-refractivity contribution in [2.75, 3.05) is 6.61 Å². The number of nitrogens with one attached hydrogen (secondary N) is 1. The van der Waals surface area contributed by atoms with Crippen LogP contribution in [-0.4, -0.2) is 28.2 Å². The fourth-order valence-electron chi connectivity index (χ4n) is 2.70. The van der Waals surface area contributed by atoms with Gasteiger partial charge in [-0.05, 0) is 12.1 Å². The molecule has 0 spiro atoms. The molecule has 1 aromatic carbocycles. The standard InChI is InChI=1S/C18H15ClF3N3O2/c1-25-13-7-3-2-6-12(13)14(19)15(25)16(26)24-9-11-5-4-8-23-17(11)27-10-18(20,21)22/h2-8H,9-10H2,1H3,(H,24,26). The summed E-state index contributed by atoms with van der Waals surface area (Å²) in [6, 6.07) is 10.4. The van der Waals surface area contributed by atoms with Gasteiger partial charge in [-0.25, -0.2) is 4.98 Å². The van der Waals surface area contributed by atoms with Gasteiger partial charge in [-0.1, -0.05) is 35.9 Å². The van der Waals surface area contributed by atoms with E-state index in [9.17, 15) is 18.0 Å². The van der Waals surface area contributed by atoms with E-state index in [1.165, 1.54) is 12.3 Å². The summed E-state index contributed by atoms with van der Waals surface area (Å²) in [5.74, 6) is -0.636. The molecule has 27 heavy (non-hydrogen) atoms. The lowest BCUT2D eigenvalue weighted by Crippen LogP contribution is -2.26. The Morgan fingerprint density at radius 3 is 2.70 bits per heavy atom. The number of amides is 1. The maximum absolute atomic E-state index is 12.6. The zero-order chi connectivity index (χ0) is 19.6. The van der Waals surface area contributed by atoms with E-state index in [-0.39, 0.29) is 18.1 Å². The predicted octanol–water partition coefficient (Wildman–Crippen LogP) is 4.10. The van der Waals surface area contributed by atoms with Crippen LogP contribution < -0.4 is 10.1 Å². The lowest BCUT2D eigenvalue weighted by atomic mass is 10.2. The van der Waals surface area contributed by atoms with Crippen LogP contribution in [0.15, 0.2) is 42.6 Å². The number of pyridine rings is 1. The molecule has 1 N–H and O–H groups in total. The van der Waals surface area contributed by atoms with E-state index in [1.54, 1.807) is 23.7 Å². The number of hydrogen-bond acceptors (Lipinski definition) is 3. The molecule has 2 heterocycles. The van der Waals surface area contributed by atoms with Gasteiger partial charge in [-0.15, -0.1) is 0 Å². The zero-order valence-electron chi connectivity index (χ0n) is 14.2. The first-order chi connectivity index (χ1) is 12.8. The molecule has 1 amide bonds. The summed E-state index contributed by atoms with van der Waals surface area (Å²) >= 11 is 6.33. The molecule has 5 nitrogen and oxygen atoms in total. The number of fused-ring (bicyclic) bond motifs is 1. The normalized spacial score (nSPS) is 11.6. The Kier molecular flexibility index (Phi) is 5.27. The van der Waals surface area contributed by atoms with Crippen molar-refractivity contribution in [2.24, 2.45) is 7.05 Å². The number of alkyl halides is 3. The molecule has 0 aliphatic rings. The Morgan fingerprint density at radius 2 is 2.00 bits per heavy atom. The van der Waals surface area contributed by atoms with Gasteiger partial charge in [0.2, 0.25) is 5.88 Å². The fraction of sp³-hybridized carbons (Fsp3) is 0.222. The highest BCUT2D eigenvalue weighted by Gasteiger charge is 2.29. The summed E-state index contributed by atoms with van der Waals surface area (Å²) in [7, 11) is 1.71.